The van der Waals surface area contributed by atoms with Crippen molar-refractivity contribution in [2.75, 3.05) is 0 Å². The highest BCUT2D eigenvalue weighted by Crippen LogP contribution is 2.41. The molecule has 0 radical (unpaired) electrons. The van der Waals surface area contributed by atoms with Gasteiger partial charge in [0.2, 0.25) is 5.65 Å². The van der Waals surface area contributed by atoms with Crippen molar-refractivity contribution in [3.8, 4) is 27.9 Å². The van der Waals surface area contributed by atoms with Crippen molar-refractivity contribution in [2.45, 2.75) is 0 Å². The molecule has 0 atom stereocenters. The van der Waals surface area contributed by atoms with E-state index in [9.17, 15) is 4.79 Å². The lowest BCUT2D eigenvalue weighted by molar-refractivity contribution is 0.669. The first kappa shape index (κ1) is 30.0. The van der Waals surface area contributed by atoms with Gasteiger partial charge in [-0.05, 0) is 115 Å². The normalized spacial score (nSPS) is 12.1. The maximum absolute atomic E-state index is 14.2. The molecule has 0 amide bonds. The van der Waals surface area contributed by atoms with Gasteiger partial charge >= 0.3 is 0 Å². The van der Waals surface area contributed by atoms with Crippen LogP contribution < -0.4 is 5.56 Å². The van der Waals surface area contributed by atoms with E-state index in [0.717, 1.165) is 71.9 Å². The standard InChI is InChI=1S/C50H29N3O2/c54-50-49-51-42-18-8-9-19-43(42)53(49)45-29-32(22-25-44(45)52(50)33-11-2-1-3-12-33)34-17-10-20-47-48(34)41-28-31(23-26-46(41)55-47)30-21-24-39-37-15-5-4-13-35(37)36-14-6-7-16-38(36)40(39)27-30/h1-29H. The summed E-state index contributed by atoms with van der Waals surface area (Å²) in [6.45, 7) is 0. The number of nitrogens with zero attached hydrogens (tertiary/aromatic N) is 3. The summed E-state index contributed by atoms with van der Waals surface area (Å²) in [7, 11) is 0. The molecule has 12 rings (SSSR count). The number of hydrogen-bond donors (Lipinski definition) is 0. The largest absolute Gasteiger partial charge is 0.456 e. The number of fused-ring (bicyclic) bond motifs is 14. The Labute approximate surface area is 313 Å². The topological polar surface area (TPSA) is 52.4 Å². The van der Waals surface area contributed by atoms with Gasteiger partial charge in [-0.15, -0.1) is 0 Å². The molecular formula is C50H29N3O2. The van der Waals surface area contributed by atoms with E-state index < -0.39 is 0 Å². The Bertz CT molecular complexity index is 3590. The summed E-state index contributed by atoms with van der Waals surface area (Å²) in [4.78, 5) is 19.0. The second kappa shape index (κ2) is 11.3. The third-order valence-electron chi connectivity index (χ3n) is 11.3. The predicted molar refractivity (Wildman–Crippen MR) is 226 cm³/mol. The van der Waals surface area contributed by atoms with E-state index in [2.05, 4.69) is 115 Å². The van der Waals surface area contributed by atoms with E-state index in [1.54, 1.807) is 4.57 Å². The average Bonchev–Trinajstić information content (AvgIpc) is 3.83. The summed E-state index contributed by atoms with van der Waals surface area (Å²) < 4.78 is 10.3. The summed E-state index contributed by atoms with van der Waals surface area (Å²) in [5.41, 5.74) is 10.4. The Morgan fingerprint density at radius 1 is 0.436 bits per heavy atom. The average molecular weight is 704 g/mol. The van der Waals surface area contributed by atoms with Crippen molar-refractivity contribution < 1.29 is 4.42 Å². The van der Waals surface area contributed by atoms with Crippen molar-refractivity contribution in [1.29, 1.82) is 0 Å². The van der Waals surface area contributed by atoms with Gasteiger partial charge in [0.05, 0.1) is 22.1 Å². The van der Waals surface area contributed by atoms with Crippen LogP contribution in [0, 0.1) is 0 Å². The zero-order valence-electron chi connectivity index (χ0n) is 29.4. The molecule has 0 unspecified atom stereocenters. The molecule has 0 saturated carbocycles. The number of benzene rings is 9. The highest BCUT2D eigenvalue weighted by atomic mass is 16.3. The van der Waals surface area contributed by atoms with Crippen molar-refractivity contribution in [1.82, 2.24) is 14.0 Å². The molecule has 55 heavy (non-hydrogen) atoms. The minimum absolute atomic E-state index is 0.159. The molecular weight excluding hydrogens is 675 g/mol. The van der Waals surface area contributed by atoms with Gasteiger partial charge in [-0.3, -0.25) is 13.8 Å². The summed E-state index contributed by atoms with van der Waals surface area (Å²) in [6, 6.07) is 61.1. The number of imidazole rings is 1. The predicted octanol–water partition coefficient (Wildman–Crippen LogP) is 12.5. The fourth-order valence-electron chi connectivity index (χ4n) is 8.85. The van der Waals surface area contributed by atoms with E-state index in [4.69, 9.17) is 9.40 Å². The molecule has 5 nitrogen and oxygen atoms in total. The van der Waals surface area contributed by atoms with Crippen LogP contribution in [0.15, 0.2) is 185 Å². The van der Waals surface area contributed by atoms with Crippen LogP contribution in [0.1, 0.15) is 0 Å². The Balaban J connectivity index is 1.09. The van der Waals surface area contributed by atoms with Gasteiger partial charge in [0.1, 0.15) is 11.2 Å². The molecule has 3 aromatic heterocycles. The lowest BCUT2D eigenvalue weighted by atomic mass is 9.91. The van der Waals surface area contributed by atoms with Gasteiger partial charge in [0.15, 0.2) is 0 Å². The summed E-state index contributed by atoms with van der Waals surface area (Å²) in [6.07, 6.45) is 0. The molecule has 0 fully saturated rings. The number of para-hydroxylation sites is 3. The van der Waals surface area contributed by atoms with Gasteiger partial charge in [0, 0.05) is 16.5 Å². The molecule has 5 heteroatoms. The molecule has 0 aliphatic heterocycles. The highest BCUT2D eigenvalue weighted by molar-refractivity contribution is 6.26. The second-order valence-electron chi connectivity index (χ2n) is 14.3. The monoisotopic (exact) mass is 703 g/mol. The minimum atomic E-state index is -0.159. The van der Waals surface area contributed by atoms with Crippen molar-refractivity contribution in [2.24, 2.45) is 0 Å². The Morgan fingerprint density at radius 2 is 1.07 bits per heavy atom. The first-order chi connectivity index (χ1) is 27.2. The fraction of sp³-hybridized carbons (Fsp3) is 0. The van der Waals surface area contributed by atoms with Crippen molar-refractivity contribution >= 4 is 82.0 Å². The molecule has 0 aliphatic rings. The second-order valence-corrected chi connectivity index (χ2v) is 14.3. The summed E-state index contributed by atoms with van der Waals surface area (Å²) >= 11 is 0. The number of hydrogen-bond acceptors (Lipinski definition) is 3. The van der Waals surface area contributed by atoms with Crippen LogP contribution >= 0.6 is 0 Å². The minimum Gasteiger partial charge on any atom is -0.456 e. The molecule has 12 aromatic rings. The van der Waals surface area contributed by atoms with Crippen LogP contribution in [0.3, 0.4) is 0 Å². The Hall–Kier alpha value is -7.50. The molecule has 0 aliphatic carbocycles. The van der Waals surface area contributed by atoms with Gasteiger partial charge < -0.3 is 4.42 Å². The van der Waals surface area contributed by atoms with Gasteiger partial charge in [-0.1, -0.05) is 115 Å². The van der Waals surface area contributed by atoms with E-state index in [1.165, 1.54) is 32.3 Å². The lowest BCUT2D eigenvalue weighted by Gasteiger charge is -2.14. The van der Waals surface area contributed by atoms with Crippen molar-refractivity contribution in [3.63, 3.8) is 0 Å². The van der Waals surface area contributed by atoms with Crippen LogP contribution in [-0.2, 0) is 0 Å². The maximum atomic E-state index is 14.2. The first-order valence-corrected chi connectivity index (χ1v) is 18.5. The third kappa shape index (κ3) is 4.29. The van der Waals surface area contributed by atoms with Gasteiger partial charge in [-0.2, -0.15) is 0 Å². The summed E-state index contributed by atoms with van der Waals surface area (Å²) in [5, 5.41) is 9.66. The van der Waals surface area contributed by atoms with E-state index in [0.29, 0.717) is 5.65 Å². The van der Waals surface area contributed by atoms with E-state index in [-0.39, 0.29) is 5.56 Å². The zero-order valence-corrected chi connectivity index (χ0v) is 29.4. The van der Waals surface area contributed by atoms with E-state index in [1.807, 2.05) is 65.1 Å². The Morgan fingerprint density at radius 3 is 1.85 bits per heavy atom. The zero-order chi connectivity index (χ0) is 36.2. The molecule has 0 spiro atoms. The molecule has 0 bridgehead atoms. The van der Waals surface area contributed by atoms with Gasteiger partial charge in [-0.25, -0.2) is 4.98 Å². The number of aromatic nitrogens is 3. The smallest absolute Gasteiger partial charge is 0.299 e. The van der Waals surface area contributed by atoms with Crippen molar-refractivity contribution in [3.05, 3.63) is 186 Å². The molecule has 9 aromatic carbocycles. The highest BCUT2D eigenvalue weighted by Gasteiger charge is 2.20. The quantitative estimate of drug-likeness (QED) is 0.172. The van der Waals surface area contributed by atoms with Gasteiger partial charge in [0.25, 0.3) is 5.56 Å². The number of rotatable bonds is 3. The molecule has 0 N–H and O–H groups in total. The van der Waals surface area contributed by atoms with Crippen LogP contribution in [-0.4, -0.2) is 14.0 Å². The van der Waals surface area contributed by atoms with E-state index >= 15 is 0 Å². The number of furan rings is 1. The molecule has 256 valence electrons. The Kier molecular flexibility index (Phi) is 6.14. The van der Waals surface area contributed by atoms with Crippen LogP contribution in [0.5, 0.6) is 0 Å². The molecule has 0 saturated heterocycles. The van der Waals surface area contributed by atoms with Crippen LogP contribution in [0.4, 0.5) is 0 Å². The third-order valence-corrected chi connectivity index (χ3v) is 11.3. The van der Waals surface area contributed by atoms with Crippen LogP contribution in [0.25, 0.3) is 110 Å². The SMILES string of the molecule is O=c1c2nc3ccccc3n2c2cc(-c3cccc4oc5ccc(-c6ccc7c8ccccc8c8ccccc8c7c6)cc5c34)ccc2n1-c1ccccc1. The fourth-order valence-corrected chi connectivity index (χ4v) is 8.85. The first-order valence-electron chi connectivity index (χ1n) is 18.5. The lowest BCUT2D eigenvalue weighted by Crippen LogP contribution is -2.21. The molecule has 3 heterocycles. The maximum Gasteiger partial charge on any atom is 0.299 e. The van der Waals surface area contributed by atoms with Crippen LogP contribution in [0.2, 0.25) is 0 Å². The summed E-state index contributed by atoms with van der Waals surface area (Å²) in [5.74, 6) is 0.